The minimum atomic E-state index is -2.10. The molecular formula is C6H12Cl+. The highest BCUT2D eigenvalue weighted by Crippen LogP contribution is 2.24. The third kappa shape index (κ3) is 2.81. The molecule has 0 aliphatic heterocycles. The second-order valence-corrected chi connectivity index (χ2v) is 2.76. The van der Waals surface area contributed by atoms with Gasteiger partial charge < -0.3 is 0 Å². The van der Waals surface area contributed by atoms with Crippen LogP contribution in [0.25, 0.3) is 0 Å². The summed E-state index contributed by atoms with van der Waals surface area (Å²) in [6.07, 6.45) is 0. The van der Waals surface area contributed by atoms with Crippen LogP contribution in [0.3, 0.4) is 0 Å². The first kappa shape index (κ1) is 3.24. The van der Waals surface area contributed by atoms with E-state index in [0.717, 1.165) is 0 Å². The minimum Gasteiger partial charge on any atom is -0.0674 e. The molecule has 0 nitrogen and oxygen atoms in total. The highest BCUT2D eigenvalue weighted by molar-refractivity contribution is 6.24. The zero-order valence-corrected chi connectivity index (χ0v) is 5.63. The molecule has 1 unspecified atom stereocenters. The van der Waals surface area contributed by atoms with E-state index in [-0.39, 0.29) is 0 Å². The fraction of sp³-hybridized carbons (Fsp3) is 0.833. The van der Waals surface area contributed by atoms with Gasteiger partial charge in [-0.3, -0.25) is 0 Å². The summed E-state index contributed by atoms with van der Waals surface area (Å²) < 4.78 is 21.1. The van der Waals surface area contributed by atoms with E-state index in [1.54, 1.807) is 13.8 Å². The van der Waals surface area contributed by atoms with E-state index < -0.39 is 11.7 Å². The van der Waals surface area contributed by atoms with Crippen molar-refractivity contribution in [3.63, 3.8) is 0 Å². The Hall–Kier alpha value is 0.160. The molecule has 0 N–H and O–H groups in total. The molecule has 0 saturated carbocycles. The lowest BCUT2D eigenvalue weighted by Gasteiger charge is -2.08. The van der Waals surface area contributed by atoms with Crippen molar-refractivity contribution in [2.45, 2.75) is 32.5 Å². The van der Waals surface area contributed by atoms with Crippen molar-refractivity contribution in [2.75, 3.05) is 0 Å². The first-order chi connectivity index (χ1) is 4.19. The van der Waals surface area contributed by atoms with Crippen LogP contribution < -0.4 is 0 Å². The van der Waals surface area contributed by atoms with Crippen LogP contribution in [0, 0.1) is 5.92 Å². The van der Waals surface area contributed by atoms with Crippen molar-refractivity contribution in [1.82, 2.24) is 0 Å². The van der Waals surface area contributed by atoms with Crippen LogP contribution in [0.4, 0.5) is 0 Å². The van der Waals surface area contributed by atoms with Crippen molar-refractivity contribution >= 4 is 11.6 Å². The summed E-state index contributed by atoms with van der Waals surface area (Å²) in [4.78, 5) is -1.17. The summed E-state index contributed by atoms with van der Waals surface area (Å²) in [7, 11) is 0. The Morgan fingerprint density at radius 2 is 2.14 bits per heavy atom. The molecule has 0 aromatic heterocycles. The van der Waals surface area contributed by atoms with Gasteiger partial charge >= 0.3 is 0 Å². The molecule has 0 heterocycles. The van der Waals surface area contributed by atoms with Crippen molar-refractivity contribution < 1.29 is 4.11 Å². The summed E-state index contributed by atoms with van der Waals surface area (Å²) in [5.41, 5.74) is 0. The van der Waals surface area contributed by atoms with Crippen LogP contribution in [-0.2, 0) is 0 Å². The minimum absolute atomic E-state index is 0.717. The number of alkyl halides is 1. The van der Waals surface area contributed by atoms with Gasteiger partial charge in [-0.2, -0.15) is 0 Å². The van der Waals surface area contributed by atoms with Crippen molar-refractivity contribution in [3.8, 4) is 0 Å². The zero-order chi connectivity index (χ0) is 8.58. The Morgan fingerprint density at radius 3 is 2.14 bits per heavy atom. The molecular weight excluding hydrogens is 108 g/mol. The monoisotopic (exact) mass is 122 g/mol. The quantitative estimate of drug-likeness (QED) is 0.371. The van der Waals surface area contributed by atoms with Gasteiger partial charge in [0.25, 0.3) is 0 Å². The molecule has 7 heavy (non-hydrogen) atoms. The van der Waals surface area contributed by atoms with E-state index in [1.165, 1.54) is 6.92 Å². The van der Waals surface area contributed by atoms with Gasteiger partial charge in [0, 0.05) is 4.11 Å². The van der Waals surface area contributed by atoms with Crippen LogP contribution in [-0.4, -0.2) is 4.87 Å². The molecule has 0 aliphatic rings. The third-order valence-corrected chi connectivity index (χ3v) is 1.32. The lowest BCUT2D eigenvalue weighted by Crippen LogP contribution is -2.16. The molecule has 0 aliphatic carbocycles. The maximum absolute atomic E-state index is 7.05. The summed E-state index contributed by atoms with van der Waals surface area (Å²) in [6.45, 7) is 2.85. The average molecular weight is 123 g/mol. The smallest absolute Gasteiger partial charge is 0.0674 e. The number of hydrogen-bond acceptors (Lipinski definition) is 0. The molecule has 0 fully saturated rings. The first-order valence-electron chi connectivity index (χ1n) is 3.69. The summed E-state index contributed by atoms with van der Waals surface area (Å²) in [6, 6.07) is 0. The van der Waals surface area contributed by atoms with E-state index in [9.17, 15) is 0 Å². The molecule has 0 spiro atoms. The van der Waals surface area contributed by atoms with Crippen LogP contribution in [0.5, 0.6) is 0 Å². The second kappa shape index (κ2) is 1.95. The van der Waals surface area contributed by atoms with E-state index in [0.29, 0.717) is 5.92 Å². The summed E-state index contributed by atoms with van der Waals surface area (Å²) in [5, 5.41) is 0. The molecule has 42 valence electrons. The molecule has 0 radical (unpaired) electrons. The largest absolute Gasteiger partial charge is 0.177 e. The highest BCUT2D eigenvalue weighted by Gasteiger charge is 2.28. The van der Waals surface area contributed by atoms with Gasteiger partial charge in [0.05, 0.1) is 13.8 Å². The lowest BCUT2D eigenvalue weighted by atomic mass is 10.00. The predicted octanol–water partition coefficient (Wildman–Crippen LogP) is 2.62. The highest BCUT2D eigenvalue weighted by atomic mass is 35.5. The lowest BCUT2D eigenvalue weighted by molar-refractivity contribution is 0.713. The van der Waals surface area contributed by atoms with Gasteiger partial charge in [0.15, 0.2) is 4.87 Å². The SMILES string of the molecule is [2H]C([2H])([2H])C(C)(Cl)[C+](C)C. The normalized spacial score (nSPS) is 26.6. The van der Waals surface area contributed by atoms with Gasteiger partial charge in [-0.05, 0) is 13.8 Å². The maximum atomic E-state index is 7.05. The Kier molecular flexibility index (Phi) is 0.904. The van der Waals surface area contributed by atoms with Crippen LogP contribution >= 0.6 is 11.6 Å². The van der Waals surface area contributed by atoms with Crippen molar-refractivity contribution in [2.24, 2.45) is 0 Å². The fourth-order valence-corrected chi connectivity index (χ4v) is 0. The second-order valence-electron chi connectivity index (χ2n) is 2.00. The number of hydrogen-bond donors (Lipinski definition) is 0. The topological polar surface area (TPSA) is 0 Å². The average Bonchev–Trinajstić information content (AvgIpc) is 1.62. The molecule has 0 bridgehead atoms. The van der Waals surface area contributed by atoms with Crippen LogP contribution in [0.15, 0.2) is 0 Å². The van der Waals surface area contributed by atoms with Gasteiger partial charge in [-0.1, -0.05) is 11.6 Å². The molecule has 0 rings (SSSR count). The molecule has 0 aromatic rings. The standard InChI is InChI=1S/C6H12Cl/c1-5(2)6(3,4)7/h1-4H3/q+1/i3D3. The Bertz CT molecular complexity index is 115. The van der Waals surface area contributed by atoms with Crippen molar-refractivity contribution in [1.29, 1.82) is 0 Å². The molecule has 0 saturated heterocycles. The van der Waals surface area contributed by atoms with Gasteiger partial charge in [-0.15, -0.1) is 0 Å². The van der Waals surface area contributed by atoms with Crippen molar-refractivity contribution in [3.05, 3.63) is 5.92 Å². The zero-order valence-electron chi connectivity index (χ0n) is 7.88. The molecule has 1 atom stereocenters. The van der Waals surface area contributed by atoms with Gasteiger partial charge in [0.1, 0.15) is 5.92 Å². The fourth-order valence-electron chi connectivity index (χ4n) is 0. The van der Waals surface area contributed by atoms with E-state index in [2.05, 4.69) is 0 Å². The van der Waals surface area contributed by atoms with Crippen LogP contribution in [0.1, 0.15) is 31.7 Å². The summed E-state index contributed by atoms with van der Waals surface area (Å²) in [5.74, 6) is 0.717. The first-order valence-corrected chi connectivity index (χ1v) is 2.57. The number of rotatable bonds is 1. The van der Waals surface area contributed by atoms with Gasteiger partial charge in [-0.25, -0.2) is 0 Å². The summed E-state index contributed by atoms with van der Waals surface area (Å²) >= 11 is 5.75. The predicted molar refractivity (Wildman–Crippen MR) is 34.5 cm³/mol. The third-order valence-electron chi connectivity index (χ3n) is 0.939. The molecule has 0 amide bonds. The molecule has 1 heteroatoms. The Labute approximate surface area is 55.1 Å². The van der Waals surface area contributed by atoms with E-state index >= 15 is 0 Å². The van der Waals surface area contributed by atoms with Gasteiger partial charge in [0.2, 0.25) is 0 Å². The van der Waals surface area contributed by atoms with Crippen LogP contribution in [0.2, 0.25) is 0 Å². The number of halogens is 1. The van der Waals surface area contributed by atoms with E-state index in [4.69, 9.17) is 15.7 Å². The molecule has 0 aromatic carbocycles. The maximum Gasteiger partial charge on any atom is 0.177 e. The van der Waals surface area contributed by atoms with E-state index in [1.807, 2.05) is 0 Å². The Balaban J connectivity index is 4.40. The Morgan fingerprint density at radius 1 is 1.71 bits per heavy atom.